The molecule has 0 aliphatic heterocycles. The van der Waals surface area contributed by atoms with Crippen LogP contribution in [0.4, 0.5) is 0 Å². The van der Waals surface area contributed by atoms with Crippen LogP contribution in [0.1, 0.15) is 17.9 Å². The first-order valence-electron chi connectivity index (χ1n) is 6.61. The summed E-state index contributed by atoms with van der Waals surface area (Å²) in [7, 11) is 0. The van der Waals surface area contributed by atoms with Crippen molar-refractivity contribution in [3.63, 3.8) is 0 Å². The Bertz CT molecular complexity index is 679. The van der Waals surface area contributed by atoms with Crippen LogP contribution in [0, 0.1) is 18.8 Å². The van der Waals surface area contributed by atoms with Crippen LogP contribution in [0.3, 0.4) is 0 Å². The second kappa shape index (κ2) is 3.92. The highest BCUT2D eigenvalue weighted by molar-refractivity contribution is 5.69. The minimum absolute atomic E-state index is 0.469. The predicted molar refractivity (Wildman–Crippen MR) is 73.2 cm³/mol. The van der Waals surface area contributed by atoms with E-state index >= 15 is 0 Å². The molecule has 2 unspecified atom stereocenters. The molecule has 2 bridgehead atoms. The average Bonchev–Trinajstić information content (AvgIpc) is 3.15. The summed E-state index contributed by atoms with van der Waals surface area (Å²) in [6, 6.07) is 8.17. The van der Waals surface area contributed by atoms with E-state index < -0.39 is 0 Å². The van der Waals surface area contributed by atoms with Crippen LogP contribution in [-0.4, -0.2) is 10.1 Å². The van der Waals surface area contributed by atoms with Crippen LogP contribution in [-0.2, 0) is 0 Å². The Morgan fingerprint density at radius 3 is 2.68 bits per heavy atom. The summed E-state index contributed by atoms with van der Waals surface area (Å²) in [6.07, 6.45) is 7.91. The van der Waals surface area contributed by atoms with Gasteiger partial charge in [0.15, 0.2) is 0 Å². The summed E-state index contributed by atoms with van der Waals surface area (Å²) in [4.78, 5) is 4.53. The Morgan fingerprint density at radius 2 is 2.00 bits per heavy atom. The van der Waals surface area contributed by atoms with Gasteiger partial charge in [-0.3, -0.25) is 0 Å². The molecule has 2 atom stereocenters. The molecule has 3 heteroatoms. The fourth-order valence-electron chi connectivity index (χ4n) is 2.83. The average molecular weight is 250 g/mol. The zero-order chi connectivity index (χ0) is 12.8. The maximum Gasteiger partial charge on any atom is 0.254 e. The van der Waals surface area contributed by atoms with Gasteiger partial charge in [0.25, 0.3) is 5.89 Å². The van der Waals surface area contributed by atoms with Crippen LogP contribution < -0.4 is 0 Å². The molecule has 1 heterocycles. The lowest BCUT2D eigenvalue weighted by atomic mass is 10.0. The third-order valence-corrected chi connectivity index (χ3v) is 3.89. The van der Waals surface area contributed by atoms with Gasteiger partial charge in [0.2, 0.25) is 5.82 Å². The summed E-state index contributed by atoms with van der Waals surface area (Å²) in [5.74, 6) is 2.38. The number of allylic oxidation sites excluding steroid dienone is 4. The molecule has 0 fully saturated rings. The van der Waals surface area contributed by atoms with Gasteiger partial charge in [0, 0.05) is 17.1 Å². The Balaban J connectivity index is 1.67. The van der Waals surface area contributed by atoms with E-state index in [9.17, 15) is 0 Å². The molecule has 94 valence electrons. The van der Waals surface area contributed by atoms with Crippen molar-refractivity contribution in [1.29, 1.82) is 0 Å². The van der Waals surface area contributed by atoms with Gasteiger partial charge in [-0.2, -0.15) is 4.98 Å². The number of aromatic nitrogens is 2. The second-order valence-electron chi connectivity index (χ2n) is 5.30. The molecule has 1 aromatic carbocycles. The van der Waals surface area contributed by atoms with Crippen molar-refractivity contribution in [2.45, 2.75) is 13.3 Å². The van der Waals surface area contributed by atoms with E-state index in [-0.39, 0.29) is 0 Å². The van der Waals surface area contributed by atoms with Crippen molar-refractivity contribution in [2.24, 2.45) is 11.8 Å². The van der Waals surface area contributed by atoms with Crippen molar-refractivity contribution in [3.8, 4) is 11.4 Å². The van der Waals surface area contributed by atoms with Crippen molar-refractivity contribution in [3.05, 3.63) is 53.9 Å². The van der Waals surface area contributed by atoms with Crippen LogP contribution >= 0.6 is 0 Å². The van der Waals surface area contributed by atoms with Crippen LogP contribution in [0.15, 0.2) is 47.0 Å². The zero-order valence-corrected chi connectivity index (χ0v) is 10.7. The first-order chi connectivity index (χ1) is 9.29. The van der Waals surface area contributed by atoms with E-state index in [1.54, 1.807) is 0 Å². The molecule has 0 radical (unpaired) electrons. The lowest BCUT2D eigenvalue weighted by Crippen LogP contribution is -1.93. The molecular weight excluding hydrogens is 236 g/mol. The van der Waals surface area contributed by atoms with E-state index in [0.29, 0.717) is 23.6 Å². The highest BCUT2D eigenvalue weighted by Gasteiger charge is 2.31. The summed E-state index contributed by atoms with van der Waals surface area (Å²) in [6.45, 7) is 2.07. The summed E-state index contributed by atoms with van der Waals surface area (Å²) in [5, 5.41) is 4.09. The number of rotatable bonds is 2. The molecule has 0 saturated carbocycles. The Labute approximate surface area is 111 Å². The number of benzene rings is 1. The van der Waals surface area contributed by atoms with E-state index in [1.165, 1.54) is 11.1 Å². The monoisotopic (exact) mass is 250 g/mol. The van der Waals surface area contributed by atoms with Crippen LogP contribution in [0.25, 0.3) is 17.0 Å². The third kappa shape index (κ3) is 1.73. The van der Waals surface area contributed by atoms with E-state index in [2.05, 4.69) is 47.4 Å². The third-order valence-electron chi connectivity index (χ3n) is 3.89. The van der Waals surface area contributed by atoms with Crippen molar-refractivity contribution < 1.29 is 4.52 Å². The van der Waals surface area contributed by atoms with Crippen molar-refractivity contribution >= 4 is 5.57 Å². The predicted octanol–water partition coefficient (Wildman–Crippen LogP) is 3.63. The van der Waals surface area contributed by atoms with E-state index in [4.69, 9.17) is 4.52 Å². The molecule has 0 spiro atoms. The number of hydrogen-bond donors (Lipinski definition) is 0. The molecule has 2 aliphatic rings. The van der Waals surface area contributed by atoms with Gasteiger partial charge in [0.05, 0.1) is 0 Å². The van der Waals surface area contributed by atoms with E-state index in [0.717, 1.165) is 12.0 Å². The SMILES string of the molecule is Cc1ccc(-c2noc(C3=CC4C=CC3C4)n2)cc1. The zero-order valence-electron chi connectivity index (χ0n) is 10.7. The van der Waals surface area contributed by atoms with Gasteiger partial charge >= 0.3 is 0 Å². The summed E-state index contributed by atoms with van der Waals surface area (Å²) < 4.78 is 5.42. The van der Waals surface area contributed by atoms with Gasteiger partial charge in [-0.15, -0.1) is 0 Å². The molecule has 19 heavy (non-hydrogen) atoms. The van der Waals surface area contributed by atoms with Gasteiger partial charge in [-0.1, -0.05) is 53.2 Å². The number of aryl methyl sites for hydroxylation is 1. The van der Waals surface area contributed by atoms with Gasteiger partial charge in [0.1, 0.15) is 0 Å². The molecule has 2 aromatic rings. The molecule has 1 aromatic heterocycles. The summed E-state index contributed by atoms with van der Waals surface area (Å²) >= 11 is 0. The number of nitrogens with zero attached hydrogens (tertiary/aromatic N) is 2. The van der Waals surface area contributed by atoms with Crippen LogP contribution in [0.5, 0.6) is 0 Å². The van der Waals surface area contributed by atoms with Crippen molar-refractivity contribution in [2.75, 3.05) is 0 Å². The minimum atomic E-state index is 0.469. The number of fused-ring (bicyclic) bond motifs is 2. The van der Waals surface area contributed by atoms with Gasteiger partial charge < -0.3 is 4.52 Å². The molecule has 0 saturated heterocycles. The standard InChI is InChI=1S/C16H14N2O/c1-10-2-5-12(6-3-10)15-17-16(19-18-15)14-9-11-4-7-13(14)8-11/h2-7,9,11,13H,8H2,1H3. The maximum atomic E-state index is 5.42. The molecule has 2 aliphatic carbocycles. The van der Waals surface area contributed by atoms with E-state index in [1.807, 2.05) is 12.1 Å². The Morgan fingerprint density at radius 1 is 1.16 bits per heavy atom. The Kier molecular flexibility index (Phi) is 2.21. The number of hydrogen-bond acceptors (Lipinski definition) is 3. The quantitative estimate of drug-likeness (QED) is 0.764. The lowest BCUT2D eigenvalue weighted by Gasteiger charge is -2.03. The lowest BCUT2D eigenvalue weighted by molar-refractivity contribution is 0.405. The minimum Gasteiger partial charge on any atom is -0.334 e. The van der Waals surface area contributed by atoms with Crippen molar-refractivity contribution in [1.82, 2.24) is 10.1 Å². The van der Waals surface area contributed by atoms with Gasteiger partial charge in [-0.25, -0.2) is 0 Å². The highest BCUT2D eigenvalue weighted by atomic mass is 16.5. The first kappa shape index (κ1) is 10.7. The smallest absolute Gasteiger partial charge is 0.254 e. The largest absolute Gasteiger partial charge is 0.334 e. The molecule has 0 amide bonds. The molecular formula is C16H14N2O. The fraction of sp³-hybridized carbons (Fsp3) is 0.250. The molecule has 0 N–H and O–H groups in total. The summed E-state index contributed by atoms with van der Waals surface area (Å²) in [5.41, 5.74) is 3.42. The normalized spacial score (nSPS) is 23.9. The van der Waals surface area contributed by atoms with Gasteiger partial charge in [-0.05, 0) is 19.3 Å². The fourth-order valence-corrected chi connectivity index (χ4v) is 2.83. The Hall–Kier alpha value is -2.16. The highest BCUT2D eigenvalue weighted by Crippen LogP contribution is 2.42. The first-order valence-corrected chi connectivity index (χ1v) is 6.61. The topological polar surface area (TPSA) is 38.9 Å². The second-order valence-corrected chi connectivity index (χ2v) is 5.30. The molecule has 3 nitrogen and oxygen atoms in total. The molecule has 4 rings (SSSR count). The van der Waals surface area contributed by atoms with Crippen LogP contribution in [0.2, 0.25) is 0 Å². The maximum absolute atomic E-state index is 5.42.